The van der Waals surface area contributed by atoms with E-state index in [1.165, 1.54) is 12.1 Å². The summed E-state index contributed by atoms with van der Waals surface area (Å²) in [6.07, 6.45) is 0.692. The van der Waals surface area contributed by atoms with Crippen LogP contribution in [0.5, 0.6) is 0 Å². The van der Waals surface area contributed by atoms with E-state index in [1.807, 2.05) is 0 Å². The van der Waals surface area contributed by atoms with Gasteiger partial charge in [-0.1, -0.05) is 6.07 Å². The Morgan fingerprint density at radius 1 is 1.21 bits per heavy atom. The fourth-order valence-corrected chi connectivity index (χ4v) is 4.21. The molecule has 2 aliphatic heterocycles. The molecule has 5 nitrogen and oxygen atoms in total. The zero-order valence-electron chi connectivity index (χ0n) is 15.3. The van der Waals surface area contributed by atoms with Gasteiger partial charge < -0.3 is 10.2 Å². The number of hydrogen-bond acceptors (Lipinski definition) is 3. The minimum absolute atomic E-state index is 0. The zero-order valence-corrected chi connectivity index (χ0v) is 16.1. The van der Waals surface area contributed by atoms with Crippen LogP contribution in [0.15, 0.2) is 36.5 Å². The molecule has 2 unspecified atom stereocenters. The van der Waals surface area contributed by atoms with Crippen LogP contribution in [0.1, 0.15) is 41.7 Å². The molecule has 2 atom stereocenters. The Kier molecular flexibility index (Phi) is 5.72. The quantitative estimate of drug-likeness (QED) is 0.833. The Labute approximate surface area is 167 Å². The van der Waals surface area contributed by atoms with Gasteiger partial charge >= 0.3 is 6.18 Å². The van der Waals surface area contributed by atoms with Crippen molar-refractivity contribution in [1.29, 1.82) is 0 Å². The van der Waals surface area contributed by atoms with Gasteiger partial charge in [0, 0.05) is 30.7 Å². The third-order valence-corrected chi connectivity index (χ3v) is 5.59. The van der Waals surface area contributed by atoms with Crippen molar-refractivity contribution in [3.8, 4) is 5.69 Å². The molecule has 2 saturated heterocycles. The summed E-state index contributed by atoms with van der Waals surface area (Å²) in [5.74, 6) is -0.177. The smallest absolute Gasteiger partial charge is 0.339 e. The van der Waals surface area contributed by atoms with Gasteiger partial charge in [0.25, 0.3) is 5.91 Å². The van der Waals surface area contributed by atoms with E-state index < -0.39 is 11.9 Å². The maximum atomic E-state index is 13.1. The van der Waals surface area contributed by atoms with Gasteiger partial charge in [-0.05, 0) is 49.9 Å². The Hall–Kier alpha value is -2.06. The van der Waals surface area contributed by atoms with Gasteiger partial charge in [-0.25, -0.2) is 4.68 Å². The number of hydrogen-bond donors (Lipinski definition) is 1. The van der Waals surface area contributed by atoms with Crippen LogP contribution >= 0.6 is 12.4 Å². The summed E-state index contributed by atoms with van der Waals surface area (Å²) in [4.78, 5) is 14.7. The molecular weight excluding hydrogens is 393 g/mol. The molecule has 0 saturated carbocycles. The maximum Gasteiger partial charge on any atom is 0.433 e. The molecule has 9 heteroatoms. The van der Waals surface area contributed by atoms with Crippen molar-refractivity contribution >= 4 is 18.3 Å². The highest BCUT2D eigenvalue weighted by molar-refractivity contribution is 5.94. The number of aromatic nitrogens is 2. The summed E-state index contributed by atoms with van der Waals surface area (Å²) < 4.78 is 40.2. The Balaban J connectivity index is 0.00000225. The van der Waals surface area contributed by atoms with Crippen LogP contribution in [-0.4, -0.2) is 45.8 Å². The van der Waals surface area contributed by atoms with Crippen molar-refractivity contribution in [2.24, 2.45) is 0 Å². The van der Waals surface area contributed by atoms with E-state index in [2.05, 4.69) is 10.4 Å². The van der Waals surface area contributed by atoms with Crippen molar-refractivity contribution in [3.05, 3.63) is 47.8 Å². The number of alkyl halides is 3. The van der Waals surface area contributed by atoms with Crippen molar-refractivity contribution in [1.82, 2.24) is 20.0 Å². The van der Waals surface area contributed by atoms with Crippen LogP contribution in [-0.2, 0) is 6.18 Å². The highest BCUT2D eigenvalue weighted by atomic mass is 35.5. The molecule has 2 fully saturated rings. The second-order valence-corrected chi connectivity index (χ2v) is 7.36. The molecule has 0 aliphatic carbocycles. The van der Waals surface area contributed by atoms with Crippen LogP contribution in [0.4, 0.5) is 13.2 Å². The van der Waals surface area contributed by atoms with E-state index in [9.17, 15) is 18.0 Å². The molecule has 0 spiro atoms. The molecule has 2 aliphatic rings. The molecule has 2 aromatic rings. The Bertz CT molecular complexity index is 842. The number of halogens is 4. The molecule has 28 heavy (non-hydrogen) atoms. The first-order chi connectivity index (χ1) is 12.8. The molecular formula is C19H22ClF3N4O. The lowest BCUT2D eigenvalue weighted by atomic mass is 9.98. The SMILES string of the molecule is CN(C(=O)c1cccc(-n2nccc2C(F)(F)F)c1)C1CC2CCC(C1)N2.Cl. The lowest BCUT2D eigenvalue weighted by Crippen LogP contribution is -2.48. The van der Waals surface area contributed by atoms with Gasteiger partial charge in [0.15, 0.2) is 0 Å². The highest BCUT2D eigenvalue weighted by Gasteiger charge is 2.37. The van der Waals surface area contributed by atoms with E-state index in [0.29, 0.717) is 17.6 Å². The first-order valence-electron chi connectivity index (χ1n) is 9.08. The predicted octanol–water partition coefficient (Wildman–Crippen LogP) is 3.67. The summed E-state index contributed by atoms with van der Waals surface area (Å²) in [7, 11) is 1.78. The molecule has 1 aromatic carbocycles. The van der Waals surface area contributed by atoms with Gasteiger partial charge in [0.2, 0.25) is 0 Å². The highest BCUT2D eigenvalue weighted by Crippen LogP contribution is 2.32. The van der Waals surface area contributed by atoms with Crippen LogP contribution in [0, 0.1) is 0 Å². The van der Waals surface area contributed by atoms with Crippen molar-refractivity contribution in [3.63, 3.8) is 0 Å². The predicted molar refractivity (Wildman–Crippen MR) is 101 cm³/mol. The van der Waals surface area contributed by atoms with Crippen LogP contribution in [0.3, 0.4) is 0 Å². The number of nitrogens with zero attached hydrogens (tertiary/aromatic N) is 3. The number of amides is 1. The van der Waals surface area contributed by atoms with Gasteiger partial charge in [0.05, 0.1) is 11.9 Å². The minimum atomic E-state index is -4.51. The molecule has 1 amide bonds. The fourth-order valence-electron chi connectivity index (χ4n) is 4.21. The van der Waals surface area contributed by atoms with Crippen LogP contribution in [0.2, 0.25) is 0 Å². The lowest BCUT2D eigenvalue weighted by molar-refractivity contribution is -0.142. The monoisotopic (exact) mass is 414 g/mol. The summed E-state index contributed by atoms with van der Waals surface area (Å²) in [5, 5.41) is 7.33. The molecule has 1 N–H and O–H groups in total. The molecule has 1 aromatic heterocycles. The number of rotatable bonds is 3. The van der Waals surface area contributed by atoms with E-state index in [-0.39, 0.29) is 30.0 Å². The molecule has 3 heterocycles. The third-order valence-electron chi connectivity index (χ3n) is 5.59. The first-order valence-corrected chi connectivity index (χ1v) is 9.08. The number of benzene rings is 1. The largest absolute Gasteiger partial charge is 0.433 e. The Morgan fingerprint density at radius 2 is 1.89 bits per heavy atom. The average Bonchev–Trinajstić information content (AvgIpc) is 3.27. The minimum Gasteiger partial charge on any atom is -0.339 e. The number of carbonyl (C=O) groups is 1. The normalized spacial score (nSPS) is 23.9. The van der Waals surface area contributed by atoms with E-state index in [4.69, 9.17) is 0 Å². The van der Waals surface area contributed by atoms with Gasteiger partial charge in [0.1, 0.15) is 5.69 Å². The topological polar surface area (TPSA) is 50.2 Å². The van der Waals surface area contributed by atoms with Crippen molar-refractivity contribution < 1.29 is 18.0 Å². The maximum absolute atomic E-state index is 13.1. The van der Waals surface area contributed by atoms with Gasteiger partial charge in [-0.15, -0.1) is 12.4 Å². The third kappa shape index (κ3) is 3.89. The van der Waals surface area contributed by atoms with E-state index in [1.54, 1.807) is 24.1 Å². The Morgan fingerprint density at radius 3 is 2.54 bits per heavy atom. The second-order valence-electron chi connectivity index (χ2n) is 7.36. The van der Waals surface area contributed by atoms with Crippen molar-refractivity contribution in [2.45, 2.75) is 50.0 Å². The standard InChI is InChI=1S/C19H21F3N4O.ClH/c1-25(16-10-13-5-6-14(11-16)24-13)18(27)12-3-2-4-15(9-12)26-17(7-8-23-26)19(20,21)22;/h2-4,7-9,13-14,16,24H,5-6,10-11H2,1H3;1H. The fraction of sp³-hybridized carbons (Fsp3) is 0.474. The molecule has 2 bridgehead atoms. The average molecular weight is 415 g/mol. The van der Waals surface area contributed by atoms with Gasteiger partial charge in [-0.2, -0.15) is 18.3 Å². The summed E-state index contributed by atoms with van der Waals surface area (Å²) >= 11 is 0. The number of nitrogens with one attached hydrogen (secondary N) is 1. The van der Waals surface area contributed by atoms with Crippen LogP contribution in [0.25, 0.3) is 5.69 Å². The van der Waals surface area contributed by atoms with Crippen molar-refractivity contribution in [2.75, 3.05) is 7.05 Å². The molecule has 152 valence electrons. The first kappa shape index (κ1) is 20.7. The summed E-state index contributed by atoms with van der Waals surface area (Å²) in [6.45, 7) is 0. The molecule has 0 radical (unpaired) electrons. The summed E-state index contributed by atoms with van der Waals surface area (Å²) in [5.41, 5.74) is -0.281. The summed E-state index contributed by atoms with van der Waals surface area (Å²) in [6, 6.07) is 8.18. The number of fused-ring (bicyclic) bond motifs is 2. The molecule has 4 rings (SSSR count). The van der Waals surface area contributed by atoms with E-state index >= 15 is 0 Å². The van der Waals surface area contributed by atoms with Gasteiger partial charge in [-0.3, -0.25) is 4.79 Å². The number of carbonyl (C=O) groups excluding carboxylic acids is 1. The lowest BCUT2D eigenvalue weighted by Gasteiger charge is -2.35. The van der Waals surface area contributed by atoms with E-state index in [0.717, 1.165) is 42.6 Å². The zero-order chi connectivity index (χ0) is 19.2. The number of piperidine rings is 1. The second kappa shape index (κ2) is 7.75. The van der Waals surface area contributed by atoms with Crippen LogP contribution < -0.4 is 5.32 Å².